The summed E-state index contributed by atoms with van der Waals surface area (Å²) >= 11 is 6.19. The van der Waals surface area contributed by atoms with Crippen LogP contribution < -0.4 is 10.1 Å². The summed E-state index contributed by atoms with van der Waals surface area (Å²) in [6.07, 6.45) is 0. The third-order valence-electron chi connectivity index (χ3n) is 3.10. The van der Waals surface area contributed by atoms with Gasteiger partial charge in [-0.05, 0) is 18.7 Å². The van der Waals surface area contributed by atoms with Crippen molar-refractivity contribution in [2.24, 2.45) is 5.92 Å². The SMILES string of the molecule is CCNCC(C)COc1ccc(Cl)c2ccccc12. The molecule has 0 spiro atoms. The Kier molecular flexibility index (Phi) is 5.06. The molecule has 102 valence electrons. The molecule has 0 bridgehead atoms. The molecule has 0 fully saturated rings. The van der Waals surface area contributed by atoms with E-state index >= 15 is 0 Å². The highest BCUT2D eigenvalue weighted by molar-refractivity contribution is 6.35. The molecular formula is C16H20ClNO. The standard InChI is InChI=1S/C16H20ClNO/c1-3-18-10-12(2)11-19-16-9-8-15(17)13-6-4-5-7-14(13)16/h4-9,12,18H,3,10-11H2,1-2H3. The first-order chi connectivity index (χ1) is 9.22. The predicted octanol–water partition coefficient (Wildman–Crippen LogP) is 4.12. The van der Waals surface area contributed by atoms with E-state index in [1.807, 2.05) is 36.4 Å². The third kappa shape index (κ3) is 3.62. The van der Waals surface area contributed by atoms with Gasteiger partial charge < -0.3 is 10.1 Å². The fraction of sp³-hybridized carbons (Fsp3) is 0.375. The molecule has 0 heterocycles. The normalized spacial score (nSPS) is 12.6. The van der Waals surface area contributed by atoms with Crippen molar-refractivity contribution in [2.75, 3.05) is 19.7 Å². The van der Waals surface area contributed by atoms with Gasteiger partial charge in [-0.15, -0.1) is 0 Å². The summed E-state index contributed by atoms with van der Waals surface area (Å²) in [6.45, 7) is 6.97. The maximum absolute atomic E-state index is 6.19. The predicted molar refractivity (Wildman–Crippen MR) is 82.2 cm³/mol. The summed E-state index contributed by atoms with van der Waals surface area (Å²) in [7, 11) is 0. The summed E-state index contributed by atoms with van der Waals surface area (Å²) in [5.74, 6) is 1.39. The minimum atomic E-state index is 0.481. The van der Waals surface area contributed by atoms with E-state index in [1.165, 1.54) is 0 Å². The smallest absolute Gasteiger partial charge is 0.127 e. The van der Waals surface area contributed by atoms with Crippen molar-refractivity contribution in [3.05, 3.63) is 41.4 Å². The maximum Gasteiger partial charge on any atom is 0.127 e. The van der Waals surface area contributed by atoms with E-state index in [0.29, 0.717) is 12.5 Å². The molecule has 1 unspecified atom stereocenters. The number of fused-ring (bicyclic) bond motifs is 1. The van der Waals surface area contributed by atoms with Crippen molar-refractivity contribution < 1.29 is 4.74 Å². The highest BCUT2D eigenvalue weighted by Crippen LogP contribution is 2.31. The molecule has 19 heavy (non-hydrogen) atoms. The van der Waals surface area contributed by atoms with Crippen molar-refractivity contribution in [3.63, 3.8) is 0 Å². The molecule has 2 aromatic carbocycles. The van der Waals surface area contributed by atoms with Gasteiger partial charge in [0.1, 0.15) is 5.75 Å². The molecule has 0 radical (unpaired) electrons. The lowest BCUT2D eigenvalue weighted by Gasteiger charge is -2.15. The van der Waals surface area contributed by atoms with Crippen LogP contribution in [-0.2, 0) is 0 Å². The molecule has 2 aromatic rings. The second-order valence-electron chi connectivity index (χ2n) is 4.81. The van der Waals surface area contributed by atoms with Crippen LogP contribution in [0.4, 0.5) is 0 Å². The van der Waals surface area contributed by atoms with E-state index in [4.69, 9.17) is 16.3 Å². The van der Waals surface area contributed by atoms with Crippen LogP contribution in [-0.4, -0.2) is 19.7 Å². The van der Waals surface area contributed by atoms with Gasteiger partial charge in [0.25, 0.3) is 0 Å². The number of hydrogen-bond donors (Lipinski definition) is 1. The van der Waals surface area contributed by atoms with Gasteiger partial charge in [-0.2, -0.15) is 0 Å². The molecule has 0 aliphatic carbocycles. The first-order valence-corrected chi connectivity index (χ1v) is 7.11. The molecule has 1 atom stereocenters. The minimum Gasteiger partial charge on any atom is -0.493 e. The lowest BCUT2D eigenvalue weighted by Crippen LogP contribution is -2.24. The van der Waals surface area contributed by atoms with E-state index in [0.717, 1.165) is 34.6 Å². The zero-order valence-corrected chi connectivity index (χ0v) is 12.2. The Morgan fingerprint density at radius 1 is 1.16 bits per heavy atom. The topological polar surface area (TPSA) is 21.3 Å². The Labute approximate surface area is 119 Å². The summed E-state index contributed by atoms with van der Waals surface area (Å²) in [6, 6.07) is 11.9. The first kappa shape index (κ1) is 14.2. The fourth-order valence-electron chi connectivity index (χ4n) is 2.04. The van der Waals surface area contributed by atoms with Gasteiger partial charge in [0, 0.05) is 28.3 Å². The summed E-state index contributed by atoms with van der Waals surface area (Å²) in [5, 5.41) is 6.21. The van der Waals surface area contributed by atoms with Crippen molar-refractivity contribution in [1.29, 1.82) is 0 Å². The van der Waals surface area contributed by atoms with E-state index in [-0.39, 0.29) is 0 Å². The molecule has 0 amide bonds. The number of halogens is 1. The van der Waals surface area contributed by atoms with Crippen LogP contribution >= 0.6 is 11.6 Å². The zero-order valence-electron chi connectivity index (χ0n) is 11.4. The van der Waals surface area contributed by atoms with E-state index < -0.39 is 0 Å². The van der Waals surface area contributed by atoms with Gasteiger partial charge in [0.2, 0.25) is 0 Å². The number of rotatable bonds is 6. The highest BCUT2D eigenvalue weighted by atomic mass is 35.5. The second-order valence-corrected chi connectivity index (χ2v) is 5.22. The lowest BCUT2D eigenvalue weighted by molar-refractivity contribution is 0.259. The number of ether oxygens (including phenoxy) is 1. The molecular weight excluding hydrogens is 258 g/mol. The van der Waals surface area contributed by atoms with E-state index in [2.05, 4.69) is 19.2 Å². The third-order valence-corrected chi connectivity index (χ3v) is 3.43. The van der Waals surface area contributed by atoms with Crippen LogP contribution in [0.2, 0.25) is 5.02 Å². The average Bonchev–Trinajstić information content (AvgIpc) is 2.45. The Morgan fingerprint density at radius 3 is 2.63 bits per heavy atom. The molecule has 0 saturated heterocycles. The van der Waals surface area contributed by atoms with Crippen molar-refractivity contribution in [1.82, 2.24) is 5.32 Å². The van der Waals surface area contributed by atoms with Crippen LogP contribution in [0.3, 0.4) is 0 Å². The van der Waals surface area contributed by atoms with E-state index in [9.17, 15) is 0 Å². The average molecular weight is 278 g/mol. The van der Waals surface area contributed by atoms with Crippen molar-refractivity contribution >= 4 is 22.4 Å². The monoisotopic (exact) mass is 277 g/mol. The van der Waals surface area contributed by atoms with Crippen LogP contribution in [0.5, 0.6) is 5.75 Å². The van der Waals surface area contributed by atoms with Crippen molar-refractivity contribution in [2.45, 2.75) is 13.8 Å². The summed E-state index contributed by atoms with van der Waals surface area (Å²) in [5.41, 5.74) is 0. The molecule has 0 aromatic heterocycles. The Balaban J connectivity index is 2.11. The maximum atomic E-state index is 6.19. The van der Waals surface area contributed by atoms with Gasteiger partial charge in [0.05, 0.1) is 6.61 Å². The van der Waals surface area contributed by atoms with Crippen LogP contribution in [0.1, 0.15) is 13.8 Å². The molecule has 2 nitrogen and oxygen atoms in total. The largest absolute Gasteiger partial charge is 0.493 e. The van der Waals surface area contributed by atoms with Gasteiger partial charge in [-0.3, -0.25) is 0 Å². The van der Waals surface area contributed by atoms with Gasteiger partial charge >= 0.3 is 0 Å². The molecule has 1 N–H and O–H groups in total. The first-order valence-electron chi connectivity index (χ1n) is 6.73. The Bertz CT molecular complexity index is 541. The second kappa shape index (κ2) is 6.78. The molecule has 0 aliphatic heterocycles. The van der Waals surface area contributed by atoms with Crippen LogP contribution in [0, 0.1) is 5.92 Å². The summed E-state index contributed by atoms with van der Waals surface area (Å²) < 4.78 is 5.93. The Hall–Kier alpha value is -1.25. The van der Waals surface area contributed by atoms with Crippen molar-refractivity contribution in [3.8, 4) is 5.75 Å². The molecule has 0 aliphatic rings. The van der Waals surface area contributed by atoms with Crippen LogP contribution in [0.15, 0.2) is 36.4 Å². The number of hydrogen-bond acceptors (Lipinski definition) is 2. The quantitative estimate of drug-likeness (QED) is 0.858. The van der Waals surface area contributed by atoms with Crippen LogP contribution in [0.25, 0.3) is 10.8 Å². The fourth-order valence-corrected chi connectivity index (χ4v) is 2.27. The minimum absolute atomic E-state index is 0.481. The molecule has 3 heteroatoms. The lowest BCUT2D eigenvalue weighted by atomic mass is 10.1. The number of nitrogens with one attached hydrogen (secondary N) is 1. The van der Waals surface area contributed by atoms with Gasteiger partial charge in [0.15, 0.2) is 0 Å². The van der Waals surface area contributed by atoms with Gasteiger partial charge in [-0.1, -0.05) is 49.7 Å². The van der Waals surface area contributed by atoms with E-state index in [1.54, 1.807) is 0 Å². The number of benzene rings is 2. The van der Waals surface area contributed by atoms with Gasteiger partial charge in [-0.25, -0.2) is 0 Å². The Morgan fingerprint density at radius 2 is 1.89 bits per heavy atom. The summed E-state index contributed by atoms with van der Waals surface area (Å²) in [4.78, 5) is 0. The zero-order chi connectivity index (χ0) is 13.7. The molecule has 2 rings (SSSR count). The highest BCUT2D eigenvalue weighted by Gasteiger charge is 2.07. The molecule has 0 saturated carbocycles.